The Bertz CT molecular complexity index is 647. The Morgan fingerprint density at radius 3 is 2.62 bits per heavy atom. The molecule has 7 nitrogen and oxygen atoms in total. The standard InChI is InChI=1S/C19H28N2O5/c1-12(2)11-26-17-7-13(6-16(22)9-17)19(25)20-10-15-5-4-14(21(15)3)8-18(23)24/h6-7,9,12,14-15,22H,4-5,8,10-11H2,1-3H3,(H,20,25)(H,23,24)/t14-,15+/m1/s1. The second kappa shape index (κ2) is 8.89. The largest absolute Gasteiger partial charge is 0.508 e. The molecule has 2 atom stereocenters. The van der Waals surface area contributed by atoms with E-state index in [0.29, 0.717) is 30.4 Å². The molecular formula is C19H28N2O5. The van der Waals surface area contributed by atoms with Gasteiger partial charge in [0.1, 0.15) is 11.5 Å². The monoisotopic (exact) mass is 364 g/mol. The van der Waals surface area contributed by atoms with Gasteiger partial charge in [-0.05, 0) is 37.9 Å². The van der Waals surface area contributed by atoms with Crippen LogP contribution in [0, 0.1) is 5.92 Å². The summed E-state index contributed by atoms with van der Waals surface area (Å²) in [5.41, 5.74) is 0.339. The Hall–Kier alpha value is -2.28. The molecule has 0 saturated carbocycles. The van der Waals surface area contributed by atoms with E-state index >= 15 is 0 Å². The van der Waals surface area contributed by atoms with Crippen molar-refractivity contribution < 1.29 is 24.5 Å². The van der Waals surface area contributed by atoms with Gasteiger partial charge < -0.3 is 20.3 Å². The van der Waals surface area contributed by atoms with Gasteiger partial charge >= 0.3 is 5.97 Å². The predicted octanol–water partition coefficient (Wildman–Crippen LogP) is 2.09. The number of benzene rings is 1. The zero-order valence-corrected chi connectivity index (χ0v) is 15.6. The number of amides is 1. The average Bonchev–Trinajstić information content (AvgIpc) is 2.90. The van der Waals surface area contributed by atoms with Gasteiger partial charge in [0, 0.05) is 30.3 Å². The maximum Gasteiger partial charge on any atom is 0.304 e. The molecule has 0 aliphatic carbocycles. The summed E-state index contributed by atoms with van der Waals surface area (Å²) in [6.45, 7) is 4.98. The van der Waals surface area contributed by atoms with Crippen molar-refractivity contribution in [2.75, 3.05) is 20.2 Å². The molecule has 3 N–H and O–H groups in total. The average molecular weight is 364 g/mol. The number of aliphatic carboxylic acids is 1. The molecule has 1 aliphatic rings. The summed E-state index contributed by atoms with van der Waals surface area (Å²) in [6, 6.07) is 4.62. The third kappa shape index (κ3) is 5.62. The molecule has 0 aromatic heterocycles. The number of likely N-dealkylation sites (tertiary alicyclic amines) is 1. The lowest BCUT2D eigenvalue weighted by atomic mass is 10.1. The second-order valence-electron chi connectivity index (χ2n) is 7.28. The molecule has 0 unspecified atom stereocenters. The number of rotatable bonds is 8. The molecular weight excluding hydrogens is 336 g/mol. The summed E-state index contributed by atoms with van der Waals surface area (Å²) < 4.78 is 5.58. The highest BCUT2D eigenvalue weighted by atomic mass is 16.5. The number of likely N-dealkylation sites (N-methyl/N-ethyl adjacent to an activating group) is 1. The zero-order chi connectivity index (χ0) is 19.3. The van der Waals surface area contributed by atoms with Crippen LogP contribution in [0.2, 0.25) is 0 Å². The maximum absolute atomic E-state index is 12.4. The number of nitrogens with one attached hydrogen (secondary N) is 1. The molecule has 0 radical (unpaired) electrons. The molecule has 26 heavy (non-hydrogen) atoms. The normalized spacial score (nSPS) is 20.3. The number of hydrogen-bond donors (Lipinski definition) is 3. The Balaban J connectivity index is 1.92. The van der Waals surface area contributed by atoms with Crippen molar-refractivity contribution in [2.45, 2.75) is 45.2 Å². The maximum atomic E-state index is 12.4. The van der Waals surface area contributed by atoms with Crippen LogP contribution in [0.25, 0.3) is 0 Å². The number of nitrogens with zero attached hydrogens (tertiary/aromatic N) is 1. The first-order valence-electron chi connectivity index (χ1n) is 8.95. The van der Waals surface area contributed by atoms with Crippen LogP contribution in [-0.2, 0) is 4.79 Å². The Morgan fingerprint density at radius 1 is 1.27 bits per heavy atom. The van der Waals surface area contributed by atoms with Crippen molar-refractivity contribution in [1.82, 2.24) is 10.2 Å². The van der Waals surface area contributed by atoms with Gasteiger partial charge in [0.15, 0.2) is 0 Å². The molecule has 1 heterocycles. The molecule has 1 amide bonds. The summed E-state index contributed by atoms with van der Waals surface area (Å²) >= 11 is 0. The fourth-order valence-electron chi connectivity index (χ4n) is 3.16. The molecule has 0 bridgehead atoms. The van der Waals surface area contributed by atoms with E-state index in [1.54, 1.807) is 6.07 Å². The van der Waals surface area contributed by atoms with Crippen molar-refractivity contribution in [1.29, 1.82) is 0 Å². The second-order valence-corrected chi connectivity index (χ2v) is 7.28. The molecule has 1 fully saturated rings. The van der Waals surface area contributed by atoms with Gasteiger partial charge in [0.2, 0.25) is 0 Å². The van der Waals surface area contributed by atoms with Crippen molar-refractivity contribution >= 4 is 11.9 Å². The summed E-state index contributed by atoms with van der Waals surface area (Å²) in [5, 5.41) is 21.6. The lowest BCUT2D eigenvalue weighted by molar-refractivity contribution is -0.138. The highest BCUT2D eigenvalue weighted by molar-refractivity contribution is 5.95. The van der Waals surface area contributed by atoms with E-state index in [2.05, 4.69) is 5.32 Å². The number of phenolic OH excluding ortho intramolecular Hbond substituents is 1. The number of aromatic hydroxyl groups is 1. The van der Waals surface area contributed by atoms with Gasteiger partial charge in [0.25, 0.3) is 5.91 Å². The van der Waals surface area contributed by atoms with E-state index in [1.165, 1.54) is 12.1 Å². The van der Waals surface area contributed by atoms with Gasteiger partial charge in [-0.1, -0.05) is 13.8 Å². The molecule has 1 saturated heterocycles. The van der Waals surface area contributed by atoms with Crippen LogP contribution in [0.5, 0.6) is 11.5 Å². The van der Waals surface area contributed by atoms with Gasteiger partial charge in [-0.15, -0.1) is 0 Å². The first-order valence-corrected chi connectivity index (χ1v) is 8.95. The third-order valence-corrected chi connectivity index (χ3v) is 4.63. The number of carbonyl (C=O) groups excluding carboxylic acids is 1. The van der Waals surface area contributed by atoms with Crippen LogP contribution in [0.1, 0.15) is 43.5 Å². The van der Waals surface area contributed by atoms with E-state index in [1.807, 2.05) is 25.8 Å². The number of phenols is 1. The first-order chi connectivity index (χ1) is 12.3. The number of hydrogen-bond acceptors (Lipinski definition) is 5. The number of carboxylic acid groups (broad SMARTS) is 1. The van der Waals surface area contributed by atoms with Crippen LogP contribution in [0.3, 0.4) is 0 Å². The van der Waals surface area contributed by atoms with Crippen molar-refractivity contribution in [3.8, 4) is 11.5 Å². The van der Waals surface area contributed by atoms with Crippen LogP contribution in [0.4, 0.5) is 0 Å². The summed E-state index contributed by atoms with van der Waals surface area (Å²) in [5.74, 6) is -0.309. The van der Waals surface area contributed by atoms with Crippen LogP contribution >= 0.6 is 0 Å². The lowest BCUT2D eigenvalue weighted by Crippen LogP contribution is -2.41. The van der Waals surface area contributed by atoms with Crippen molar-refractivity contribution in [3.05, 3.63) is 23.8 Å². The fourth-order valence-corrected chi connectivity index (χ4v) is 3.16. The Labute approximate surface area is 154 Å². The van der Waals surface area contributed by atoms with E-state index in [-0.39, 0.29) is 30.2 Å². The van der Waals surface area contributed by atoms with Crippen molar-refractivity contribution in [3.63, 3.8) is 0 Å². The van der Waals surface area contributed by atoms with Gasteiger partial charge in [-0.25, -0.2) is 0 Å². The predicted molar refractivity (Wildman–Crippen MR) is 97.6 cm³/mol. The Kier molecular flexibility index (Phi) is 6.85. The Morgan fingerprint density at radius 2 is 1.96 bits per heavy atom. The number of carbonyl (C=O) groups is 2. The van der Waals surface area contributed by atoms with Crippen LogP contribution < -0.4 is 10.1 Å². The SMILES string of the molecule is CC(C)COc1cc(O)cc(C(=O)NC[C@@H]2CC[C@H](CC(=O)O)N2C)c1. The molecule has 1 aromatic rings. The summed E-state index contributed by atoms with van der Waals surface area (Å²) in [7, 11) is 1.89. The van der Waals surface area contributed by atoms with Crippen LogP contribution in [0.15, 0.2) is 18.2 Å². The fraction of sp³-hybridized carbons (Fsp3) is 0.579. The van der Waals surface area contributed by atoms with E-state index in [9.17, 15) is 14.7 Å². The minimum Gasteiger partial charge on any atom is -0.508 e. The quantitative estimate of drug-likeness (QED) is 0.653. The minimum absolute atomic E-state index is 0.00575. The van der Waals surface area contributed by atoms with Crippen molar-refractivity contribution in [2.24, 2.45) is 5.92 Å². The van der Waals surface area contributed by atoms with Gasteiger partial charge in [-0.3, -0.25) is 14.5 Å². The summed E-state index contributed by atoms with van der Waals surface area (Å²) in [6.07, 6.45) is 1.77. The smallest absolute Gasteiger partial charge is 0.304 e. The number of carboxylic acids is 1. The topological polar surface area (TPSA) is 99.1 Å². The highest BCUT2D eigenvalue weighted by Gasteiger charge is 2.31. The highest BCUT2D eigenvalue weighted by Crippen LogP contribution is 2.25. The molecule has 7 heteroatoms. The third-order valence-electron chi connectivity index (χ3n) is 4.63. The zero-order valence-electron chi connectivity index (χ0n) is 15.6. The molecule has 0 spiro atoms. The van der Waals surface area contributed by atoms with Gasteiger partial charge in [0.05, 0.1) is 13.0 Å². The summed E-state index contributed by atoms with van der Waals surface area (Å²) in [4.78, 5) is 25.3. The van der Waals surface area contributed by atoms with E-state index < -0.39 is 5.97 Å². The minimum atomic E-state index is -0.805. The van der Waals surface area contributed by atoms with E-state index in [4.69, 9.17) is 9.84 Å². The molecule has 144 valence electrons. The number of ether oxygens (including phenoxy) is 1. The first kappa shape index (κ1) is 20.0. The lowest BCUT2D eigenvalue weighted by Gasteiger charge is -2.25. The molecule has 1 aliphatic heterocycles. The molecule has 1 aromatic carbocycles. The van der Waals surface area contributed by atoms with Crippen LogP contribution in [-0.4, -0.2) is 59.3 Å². The van der Waals surface area contributed by atoms with E-state index in [0.717, 1.165) is 12.8 Å². The molecule has 2 rings (SSSR count). The van der Waals surface area contributed by atoms with Gasteiger partial charge in [-0.2, -0.15) is 0 Å².